The second-order valence-electron chi connectivity index (χ2n) is 14.3. The summed E-state index contributed by atoms with van der Waals surface area (Å²) in [6, 6.07) is 66.4. The first kappa shape index (κ1) is 38.8. The molecule has 0 spiro atoms. The number of nitrogens with zero attached hydrogens (tertiary/aromatic N) is 4. The van der Waals surface area contributed by atoms with Crippen LogP contribution in [0.3, 0.4) is 0 Å². The van der Waals surface area contributed by atoms with Crippen molar-refractivity contribution in [1.82, 2.24) is 0 Å². The molecule has 0 aliphatic rings. The summed E-state index contributed by atoms with van der Waals surface area (Å²) < 4.78 is 10.8. The summed E-state index contributed by atoms with van der Waals surface area (Å²) in [5.41, 5.74) is 11.3. The van der Waals surface area contributed by atoms with Gasteiger partial charge in [0.25, 0.3) is 0 Å². The van der Waals surface area contributed by atoms with Gasteiger partial charge in [0.05, 0.1) is 25.3 Å². The van der Waals surface area contributed by atoms with Gasteiger partial charge in [-0.25, -0.2) is 0 Å². The molecule has 290 valence electrons. The highest BCUT2D eigenvalue weighted by Gasteiger charge is 2.16. The van der Waals surface area contributed by atoms with Crippen LogP contribution in [0.25, 0.3) is 22.9 Å². The molecule has 0 fully saturated rings. The molecule has 0 saturated carbocycles. The average molecular weight is 779 g/mol. The summed E-state index contributed by atoms with van der Waals surface area (Å²) in [7, 11) is 3.34. The number of nitriles is 2. The van der Waals surface area contributed by atoms with Crippen LogP contribution in [0.2, 0.25) is 0 Å². The highest BCUT2D eigenvalue weighted by Crippen LogP contribution is 2.37. The number of para-hydroxylation sites is 2. The van der Waals surface area contributed by atoms with Crippen LogP contribution in [0.5, 0.6) is 11.5 Å². The minimum absolute atomic E-state index is 0.550. The molecule has 60 heavy (non-hydrogen) atoms. The number of ether oxygens (including phenoxy) is 2. The molecule has 6 heteroatoms. The number of aryl methyl sites for hydroxylation is 2. The normalized spacial score (nSPS) is 10.9. The Morgan fingerprint density at radius 2 is 0.867 bits per heavy atom. The van der Waals surface area contributed by atoms with E-state index in [-0.39, 0.29) is 0 Å². The fourth-order valence-corrected chi connectivity index (χ4v) is 7.59. The van der Waals surface area contributed by atoms with Crippen LogP contribution in [0, 0.1) is 22.7 Å². The number of rotatable bonds is 13. The Bertz CT molecular complexity index is 2820. The molecule has 0 bridgehead atoms. The lowest BCUT2D eigenvalue weighted by molar-refractivity contribution is 0.414. The molecule has 0 aliphatic carbocycles. The first-order valence-electron chi connectivity index (χ1n) is 19.8. The predicted octanol–water partition coefficient (Wildman–Crippen LogP) is 13.5. The smallest absolute Gasteiger partial charge is 0.119 e. The van der Waals surface area contributed by atoms with E-state index in [2.05, 4.69) is 107 Å². The van der Waals surface area contributed by atoms with Gasteiger partial charge in [-0.3, -0.25) is 0 Å². The number of fused-ring (bicyclic) bond motifs is 1. The number of hydrogen-bond donors (Lipinski definition) is 0. The van der Waals surface area contributed by atoms with Gasteiger partial charge in [0.2, 0.25) is 0 Å². The summed E-state index contributed by atoms with van der Waals surface area (Å²) in [6.07, 6.45) is 5.45. The maximum Gasteiger partial charge on any atom is 0.119 e. The summed E-state index contributed by atoms with van der Waals surface area (Å²) >= 11 is 0. The lowest BCUT2D eigenvalue weighted by Crippen LogP contribution is -2.09. The van der Waals surface area contributed by atoms with E-state index >= 15 is 0 Å². The Morgan fingerprint density at radius 3 is 1.35 bits per heavy atom. The number of hydrogen-bond acceptors (Lipinski definition) is 6. The maximum atomic E-state index is 10.4. The van der Waals surface area contributed by atoms with E-state index in [4.69, 9.17) is 9.47 Å². The van der Waals surface area contributed by atoms with Crippen molar-refractivity contribution in [2.75, 3.05) is 24.0 Å². The van der Waals surface area contributed by atoms with Crippen LogP contribution in [0.15, 0.2) is 182 Å². The quantitative estimate of drug-likeness (QED) is 0.109. The van der Waals surface area contributed by atoms with Crippen molar-refractivity contribution < 1.29 is 9.47 Å². The van der Waals surface area contributed by atoms with Gasteiger partial charge in [0.15, 0.2) is 0 Å². The van der Waals surface area contributed by atoms with E-state index in [1.807, 2.05) is 109 Å². The Morgan fingerprint density at radius 1 is 0.433 bits per heavy atom. The summed E-state index contributed by atoms with van der Waals surface area (Å²) in [6.45, 7) is 0. The number of benzene rings is 8. The van der Waals surface area contributed by atoms with Crippen LogP contribution in [0.1, 0.15) is 33.4 Å². The molecule has 0 saturated heterocycles. The fourth-order valence-electron chi connectivity index (χ4n) is 7.59. The first-order valence-corrected chi connectivity index (χ1v) is 19.8. The third-order valence-electron chi connectivity index (χ3n) is 10.7. The molecule has 0 aliphatic heterocycles. The summed E-state index contributed by atoms with van der Waals surface area (Å²) in [5, 5.41) is 22.4. The van der Waals surface area contributed by atoms with Gasteiger partial charge < -0.3 is 19.3 Å². The Labute approximate surface area is 351 Å². The predicted molar refractivity (Wildman–Crippen MR) is 245 cm³/mol. The van der Waals surface area contributed by atoms with Crippen LogP contribution < -0.4 is 19.3 Å². The molecule has 8 aromatic rings. The average Bonchev–Trinajstić information content (AvgIpc) is 3.32. The van der Waals surface area contributed by atoms with Crippen LogP contribution in [-0.4, -0.2) is 14.2 Å². The molecule has 6 nitrogen and oxygen atoms in total. The van der Waals surface area contributed by atoms with Crippen molar-refractivity contribution in [3.8, 4) is 23.6 Å². The summed E-state index contributed by atoms with van der Waals surface area (Å²) in [4.78, 5) is 4.42. The second-order valence-corrected chi connectivity index (χ2v) is 14.3. The Hall–Kier alpha value is -8.06. The van der Waals surface area contributed by atoms with Gasteiger partial charge in [0.1, 0.15) is 23.6 Å². The van der Waals surface area contributed by atoms with Gasteiger partial charge in [-0.15, -0.1) is 0 Å². The monoisotopic (exact) mass is 778 g/mol. The highest BCUT2D eigenvalue weighted by atomic mass is 16.5. The fraction of sp³-hybridized carbons (Fsp3) is 0.0741. The minimum Gasteiger partial charge on any atom is -0.497 e. The van der Waals surface area contributed by atoms with E-state index in [1.165, 1.54) is 5.56 Å². The molecule has 8 rings (SSSR count). The van der Waals surface area contributed by atoms with Gasteiger partial charge >= 0.3 is 0 Å². The lowest BCUT2D eigenvalue weighted by Gasteiger charge is -2.25. The van der Waals surface area contributed by atoms with Gasteiger partial charge in [-0.1, -0.05) is 97.1 Å². The van der Waals surface area contributed by atoms with E-state index < -0.39 is 0 Å². The van der Waals surface area contributed by atoms with Crippen molar-refractivity contribution in [2.45, 2.75) is 12.8 Å². The van der Waals surface area contributed by atoms with E-state index in [0.717, 1.165) is 79.5 Å². The van der Waals surface area contributed by atoms with Gasteiger partial charge in [-0.2, -0.15) is 10.5 Å². The molecular weight excluding hydrogens is 737 g/mol. The van der Waals surface area contributed by atoms with Crippen LogP contribution in [-0.2, 0) is 12.8 Å². The SMILES string of the molecule is COc1ccc(N(c2ccccc2)c2ccc(/C=C/c3ccc4c(C#N)c(CCc5ccc(N(c6ccccc6)c6ccc(OC)cc6)cc5)ccc4c3C#N)cc2)cc1. The van der Waals surface area contributed by atoms with Gasteiger partial charge in [0, 0.05) is 44.9 Å². The van der Waals surface area contributed by atoms with Crippen molar-refractivity contribution in [3.63, 3.8) is 0 Å². The standard InChI is InChI=1S/C54H42N4O2/c1-59-49-31-27-47(28-32-49)57(43-9-5-3-6-10-43)45-23-15-39(16-24-45)13-19-41-21-35-52-51(53(41)37-55)36-22-42(54(52)38-56)20-14-40-17-25-46(26-18-40)58(44-11-7-4-8-12-44)48-29-33-50(60-2)34-30-48/h3-13,15-19,21-36H,14,20H2,1-2H3/b19-13+. The minimum atomic E-state index is 0.550. The van der Waals surface area contributed by atoms with E-state index in [0.29, 0.717) is 17.5 Å². The molecule has 8 aromatic carbocycles. The molecule has 0 radical (unpaired) electrons. The highest BCUT2D eigenvalue weighted by molar-refractivity contribution is 5.96. The summed E-state index contributed by atoms with van der Waals surface area (Å²) in [5.74, 6) is 1.61. The Kier molecular flexibility index (Phi) is 11.7. The van der Waals surface area contributed by atoms with Crippen molar-refractivity contribution in [2.24, 2.45) is 0 Å². The van der Waals surface area contributed by atoms with Crippen molar-refractivity contribution in [1.29, 1.82) is 10.5 Å². The zero-order valence-corrected chi connectivity index (χ0v) is 33.5. The molecule has 0 unspecified atom stereocenters. The molecular formula is C54H42N4O2. The first-order chi connectivity index (χ1) is 29.6. The molecule has 0 N–H and O–H groups in total. The van der Waals surface area contributed by atoms with E-state index in [9.17, 15) is 10.5 Å². The third-order valence-corrected chi connectivity index (χ3v) is 10.7. The topological polar surface area (TPSA) is 72.5 Å². The van der Waals surface area contributed by atoms with Crippen molar-refractivity contribution in [3.05, 3.63) is 215 Å². The maximum absolute atomic E-state index is 10.4. The zero-order chi connectivity index (χ0) is 41.3. The van der Waals surface area contributed by atoms with E-state index in [1.54, 1.807) is 14.2 Å². The molecule has 0 aromatic heterocycles. The number of anilines is 6. The van der Waals surface area contributed by atoms with Crippen LogP contribution in [0.4, 0.5) is 34.1 Å². The Balaban J connectivity index is 0.999. The lowest BCUT2D eigenvalue weighted by atomic mass is 9.91. The second kappa shape index (κ2) is 18.0. The molecule has 0 atom stereocenters. The zero-order valence-electron chi connectivity index (χ0n) is 33.5. The van der Waals surface area contributed by atoms with Crippen LogP contribution >= 0.6 is 0 Å². The van der Waals surface area contributed by atoms with Gasteiger partial charge in [-0.05, 0) is 132 Å². The molecule has 0 amide bonds. The largest absolute Gasteiger partial charge is 0.497 e. The number of methoxy groups -OCH3 is 2. The van der Waals surface area contributed by atoms with Crippen molar-refractivity contribution >= 4 is 57.0 Å². The molecule has 0 heterocycles. The third kappa shape index (κ3) is 8.31.